The van der Waals surface area contributed by atoms with Gasteiger partial charge in [0.2, 0.25) is 0 Å². The van der Waals surface area contributed by atoms with Gasteiger partial charge in [-0.15, -0.1) is 0 Å². The number of fused-ring (bicyclic) bond motifs is 1. The number of aromatic nitrogens is 4. The molecule has 6 heteroatoms. The predicted molar refractivity (Wildman–Crippen MR) is 69.9 cm³/mol. The first-order valence-electron chi connectivity index (χ1n) is 5.93. The Labute approximate surface area is 109 Å². The molecule has 0 aliphatic heterocycles. The summed E-state index contributed by atoms with van der Waals surface area (Å²) in [5.41, 5.74) is 8.11. The minimum Gasteiger partial charge on any atom is -0.329 e. The summed E-state index contributed by atoms with van der Waals surface area (Å²) in [7, 11) is 3.66. The molecule has 0 aliphatic carbocycles. The van der Waals surface area contributed by atoms with Gasteiger partial charge in [-0.1, -0.05) is 6.07 Å². The van der Waals surface area contributed by atoms with E-state index in [-0.39, 0.29) is 5.82 Å². The van der Waals surface area contributed by atoms with E-state index in [9.17, 15) is 4.39 Å². The summed E-state index contributed by atoms with van der Waals surface area (Å²) in [5.74, 6) is 0.283. The van der Waals surface area contributed by atoms with Gasteiger partial charge in [0.05, 0.1) is 17.8 Å². The van der Waals surface area contributed by atoms with Crippen molar-refractivity contribution in [3.05, 3.63) is 47.8 Å². The fraction of sp³-hybridized carbons (Fsp3) is 0.231. The van der Waals surface area contributed by atoms with Gasteiger partial charge in [-0.2, -0.15) is 5.10 Å². The largest absolute Gasteiger partial charge is 0.329 e. The van der Waals surface area contributed by atoms with Crippen molar-refractivity contribution in [2.24, 2.45) is 19.8 Å². The summed E-state index contributed by atoms with van der Waals surface area (Å²) >= 11 is 0. The molecule has 3 aromatic rings. The second kappa shape index (κ2) is 4.17. The van der Waals surface area contributed by atoms with Gasteiger partial charge in [0.25, 0.3) is 0 Å². The van der Waals surface area contributed by atoms with Crippen LogP contribution in [0.1, 0.15) is 17.4 Å². The van der Waals surface area contributed by atoms with Gasteiger partial charge < -0.3 is 10.3 Å². The number of nitrogens with zero attached hydrogens (tertiary/aromatic N) is 4. The minimum atomic E-state index is -0.425. The zero-order chi connectivity index (χ0) is 13.6. The second-order valence-corrected chi connectivity index (χ2v) is 4.56. The van der Waals surface area contributed by atoms with Gasteiger partial charge in [0.1, 0.15) is 11.3 Å². The molecule has 0 saturated heterocycles. The molecule has 1 atom stereocenters. The fourth-order valence-corrected chi connectivity index (χ4v) is 2.23. The van der Waals surface area contributed by atoms with Crippen molar-refractivity contribution in [1.82, 2.24) is 19.3 Å². The smallest absolute Gasteiger partial charge is 0.151 e. The molecule has 2 N–H and O–H groups in total. The number of para-hydroxylation sites is 1. The number of halogens is 1. The summed E-state index contributed by atoms with van der Waals surface area (Å²) in [6, 6.07) is 4.46. The zero-order valence-corrected chi connectivity index (χ0v) is 10.7. The highest BCUT2D eigenvalue weighted by atomic mass is 19.1. The normalized spacial score (nSPS) is 13.1. The highest BCUT2D eigenvalue weighted by molar-refractivity contribution is 5.76. The maximum absolute atomic E-state index is 13.7. The van der Waals surface area contributed by atoms with E-state index < -0.39 is 6.04 Å². The number of hydrogen-bond acceptors (Lipinski definition) is 3. The average molecular weight is 259 g/mol. The number of imidazole rings is 1. The number of benzene rings is 1. The summed E-state index contributed by atoms with van der Waals surface area (Å²) in [4.78, 5) is 4.32. The van der Waals surface area contributed by atoms with E-state index in [0.717, 1.165) is 11.1 Å². The van der Waals surface area contributed by atoms with E-state index in [1.807, 2.05) is 30.9 Å². The summed E-state index contributed by atoms with van der Waals surface area (Å²) in [6.07, 6.45) is 3.53. The van der Waals surface area contributed by atoms with Gasteiger partial charge in [0.15, 0.2) is 5.82 Å². The number of rotatable bonds is 2. The molecule has 0 bridgehead atoms. The van der Waals surface area contributed by atoms with E-state index in [4.69, 9.17) is 5.73 Å². The molecule has 0 saturated carbocycles. The Balaban J connectivity index is 2.15. The Bertz CT molecular complexity index is 743. The fourth-order valence-electron chi connectivity index (χ4n) is 2.23. The minimum absolute atomic E-state index is 0.335. The molecule has 0 aliphatic rings. The summed E-state index contributed by atoms with van der Waals surface area (Å²) in [5, 5.41) is 4.09. The van der Waals surface area contributed by atoms with E-state index in [1.165, 1.54) is 6.07 Å². The van der Waals surface area contributed by atoms with E-state index in [2.05, 4.69) is 10.1 Å². The molecule has 0 fully saturated rings. The van der Waals surface area contributed by atoms with Crippen LogP contribution < -0.4 is 5.73 Å². The van der Waals surface area contributed by atoms with Crippen molar-refractivity contribution in [3.8, 4) is 0 Å². The average Bonchev–Trinajstić information content (AvgIpc) is 2.95. The van der Waals surface area contributed by atoms with Crippen LogP contribution in [0.15, 0.2) is 30.6 Å². The monoisotopic (exact) mass is 259 g/mol. The van der Waals surface area contributed by atoms with Crippen molar-refractivity contribution in [2.75, 3.05) is 0 Å². The second-order valence-electron chi connectivity index (χ2n) is 4.56. The lowest BCUT2D eigenvalue weighted by Gasteiger charge is -2.09. The molecule has 0 amide bonds. The molecule has 98 valence electrons. The van der Waals surface area contributed by atoms with Gasteiger partial charge in [-0.25, -0.2) is 9.37 Å². The van der Waals surface area contributed by atoms with Crippen LogP contribution in [-0.4, -0.2) is 19.3 Å². The van der Waals surface area contributed by atoms with Crippen molar-refractivity contribution < 1.29 is 4.39 Å². The van der Waals surface area contributed by atoms with Crippen molar-refractivity contribution in [2.45, 2.75) is 6.04 Å². The quantitative estimate of drug-likeness (QED) is 0.758. The molecule has 5 nitrogen and oxygen atoms in total. The van der Waals surface area contributed by atoms with E-state index >= 15 is 0 Å². The number of nitrogens with two attached hydrogens (primary N) is 1. The molecule has 0 spiro atoms. The Morgan fingerprint density at radius 2 is 2.11 bits per heavy atom. The lowest BCUT2D eigenvalue weighted by molar-refractivity contribution is 0.636. The third-order valence-corrected chi connectivity index (χ3v) is 3.26. The topological polar surface area (TPSA) is 61.7 Å². The van der Waals surface area contributed by atoms with Gasteiger partial charge in [-0.05, 0) is 12.1 Å². The van der Waals surface area contributed by atoms with Crippen molar-refractivity contribution >= 4 is 11.0 Å². The summed E-state index contributed by atoms with van der Waals surface area (Å²) < 4.78 is 17.2. The zero-order valence-electron chi connectivity index (χ0n) is 10.7. The van der Waals surface area contributed by atoms with Gasteiger partial charge in [0, 0.05) is 25.9 Å². The van der Waals surface area contributed by atoms with E-state index in [0.29, 0.717) is 11.3 Å². The maximum atomic E-state index is 13.7. The standard InChI is InChI=1S/C13H14FN5/c1-18-7-8(6-16-18)11(15)13-17-12-9(14)4-3-5-10(12)19(13)2/h3-7,11H,15H2,1-2H3. The van der Waals surface area contributed by atoms with Crippen LogP contribution in [0.2, 0.25) is 0 Å². The predicted octanol–water partition coefficient (Wildman–Crippen LogP) is 1.49. The summed E-state index contributed by atoms with van der Waals surface area (Å²) in [6.45, 7) is 0. The maximum Gasteiger partial charge on any atom is 0.151 e. The molecular weight excluding hydrogens is 245 g/mol. The molecule has 1 unspecified atom stereocenters. The van der Waals surface area contributed by atoms with Crippen molar-refractivity contribution in [1.29, 1.82) is 0 Å². The lowest BCUT2D eigenvalue weighted by atomic mass is 10.1. The molecular formula is C13H14FN5. The SMILES string of the molecule is Cn1cc(C(N)c2nc3c(F)cccc3n2C)cn1. The van der Waals surface area contributed by atoms with Crippen LogP contribution in [0.25, 0.3) is 11.0 Å². The molecule has 0 radical (unpaired) electrons. The first kappa shape index (κ1) is 11.9. The van der Waals surface area contributed by atoms with Crippen LogP contribution in [0.4, 0.5) is 4.39 Å². The van der Waals surface area contributed by atoms with Crippen molar-refractivity contribution in [3.63, 3.8) is 0 Å². The molecule has 1 aromatic carbocycles. The molecule has 2 heterocycles. The number of aryl methyl sites for hydroxylation is 2. The molecule has 19 heavy (non-hydrogen) atoms. The van der Waals surface area contributed by atoms with Crippen LogP contribution in [-0.2, 0) is 14.1 Å². The third kappa shape index (κ3) is 1.80. The van der Waals surface area contributed by atoms with Crippen LogP contribution in [0.5, 0.6) is 0 Å². The van der Waals surface area contributed by atoms with Gasteiger partial charge in [-0.3, -0.25) is 4.68 Å². The first-order chi connectivity index (χ1) is 9.08. The Kier molecular flexibility index (Phi) is 2.60. The first-order valence-corrected chi connectivity index (χ1v) is 5.93. The third-order valence-electron chi connectivity index (χ3n) is 3.26. The van der Waals surface area contributed by atoms with Crippen LogP contribution >= 0.6 is 0 Å². The Hall–Kier alpha value is -2.21. The highest BCUT2D eigenvalue weighted by Crippen LogP contribution is 2.24. The Morgan fingerprint density at radius 1 is 1.32 bits per heavy atom. The van der Waals surface area contributed by atoms with Crippen LogP contribution in [0.3, 0.4) is 0 Å². The van der Waals surface area contributed by atoms with E-state index in [1.54, 1.807) is 16.9 Å². The number of hydrogen-bond donors (Lipinski definition) is 1. The van der Waals surface area contributed by atoms with Crippen LogP contribution in [0, 0.1) is 5.82 Å². The molecule has 2 aromatic heterocycles. The Morgan fingerprint density at radius 3 is 2.74 bits per heavy atom. The lowest BCUT2D eigenvalue weighted by Crippen LogP contribution is -2.16. The molecule has 3 rings (SSSR count). The van der Waals surface area contributed by atoms with Gasteiger partial charge >= 0.3 is 0 Å². The highest BCUT2D eigenvalue weighted by Gasteiger charge is 2.19.